The van der Waals surface area contributed by atoms with Crippen LogP contribution in [0.2, 0.25) is 5.02 Å². The Morgan fingerprint density at radius 2 is 2.14 bits per heavy atom. The van der Waals surface area contributed by atoms with Gasteiger partial charge >= 0.3 is 5.97 Å². The summed E-state index contributed by atoms with van der Waals surface area (Å²) in [7, 11) is 0. The quantitative estimate of drug-likeness (QED) is 0.682. The molecule has 0 aliphatic carbocycles. The van der Waals surface area contributed by atoms with Crippen molar-refractivity contribution in [3.63, 3.8) is 0 Å². The number of aryl methyl sites for hydroxylation is 1. The second-order valence-electron chi connectivity index (χ2n) is 7.17. The van der Waals surface area contributed by atoms with E-state index in [-0.39, 0.29) is 24.1 Å². The molecule has 1 fully saturated rings. The molecule has 3 rings (SSSR count). The van der Waals surface area contributed by atoms with Gasteiger partial charge in [0.25, 0.3) is 5.91 Å². The normalized spacial score (nSPS) is 19.5. The first kappa shape index (κ1) is 20.4. The molecule has 0 radical (unpaired) electrons. The molecule has 2 heterocycles. The standard InChI is InChI=1S/C21H25ClN2O4/c1-3-17-12-18(23-28-17)19(25)24-10-6-9-21(14-24,20(26)27-4-2)13-15-7-5-8-16(22)11-15/h5,7-8,11-12H,3-4,6,9-10,13-14H2,1-2H3/t21-/m1/s1. The van der Waals surface area contributed by atoms with Gasteiger partial charge in [0, 0.05) is 30.6 Å². The van der Waals surface area contributed by atoms with E-state index in [0.717, 1.165) is 5.56 Å². The predicted molar refractivity (Wildman–Crippen MR) is 105 cm³/mol. The first-order chi connectivity index (χ1) is 13.5. The maximum atomic E-state index is 12.9. The van der Waals surface area contributed by atoms with Crippen LogP contribution in [-0.2, 0) is 22.4 Å². The van der Waals surface area contributed by atoms with Crippen LogP contribution in [-0.4, -0.2) is 41.6 Å². The number of amides is 1. The average molecular weight is 405 g/mol. The summed E-state index contributed by atoms with van der Waals surface area (Å²) < 4.78 is 10.6. The van der Waals surface area contributed by atoms with Gasteiger partial charge in [-0.1, -0.05) is 35.8 Å². The van der Waals surface area contributed by atoms with E-state index in [4.69, 9.17) is 20.9 Å². The van der Waals surface area contributed by atoms with E-state index in [0.29, 0.717) is 49.6 Å². The van der Waals surface area contributed by atoms with Crippen LogP contribution in [0.1, 0.15) is 48.5 Å². The molecule has 1 aliphatic rings. The largest absolute Gasteiger partial charge is 0.466 e. The van der Waals surface area contributed by atoms with Crippen molar-refractivity contribution in [2.24, 2.45) is 5.41 Å². The predicted octanol–water partition coefficient (Wildman–Crippen LogP) is 3.92. The monoisotopic (exact) mass is 404 g/mol. The number of carbonyl (C=O) groups is 2. The van der Waals surface area contributed by atoms with Gasteiger partial charge in [-0.15, -0.1) is 0 Å². The van der Waals surface area contributed by atoms with Crippen LogP contribution < -0.4 is 0 Å². The number of rotatable bonds is 6. The van der Waals surface area contributed by atoms with Gasteiger partial charge in [0.2, 0.25) is 0 Å². The third-order valence-electron chi connectivity index (χ3n) is 5.13. The molecule has 1 atom stereocenters. The highest BCUT2D eigenvalue weighted by Crippen LogP contribution is 2.36. The fourth-order valence-corrected chi connectivity index (χ4v) is 3.97. The summed E-state index contributed by atoms with van der Waals surface area (Å²) in [5, 5.41) is 4.51. The highest BCUT2D eigenvalue weighted by atomic mass is 35.5. The van der Waals surface area contributed by atoms with Gasteiger partial charge in [0.05, 0.1) is 12.0 Å². The van der Waals surface area contributed by atoms with Crippen molar-refractivity contribution in [1.29, 1.82) is 0 Å². The minimum atomic E-state index is -0.800. The van der Waals surface area contributed by atoms with Gasteiger partial charge in [-0.25, -0.2) is 0 Å². The van der Waals surface area contributed by atoms with Crippen LogP contribution in [0.4, 0.5) is 0 Å². The maximum Gasteiger partial charge on any atom is 0.314 e. The van der Waals surface area contributed by atoms with Crippen LogP contribution in [0, 0.1) is 5.41 Å². The third-order valence-corrected chi connectivity index (χ3v) is 5.37. The van der Waals surface area contributed by atoms with E-state index in [2.05, 4.69) is 5.16 Å². The number of likely N-dealkylation sites (tertiary alicyclic amines) is 1. The number of carbonyl (C=O) groups excluding carboxylic acids is 2. The second-order valence-corrected chi connectivity index (χ2v) is 7.61. The Kier molecular flexibility index (Phi) is 6.39. The SMILES string of the molecule is CCOC(=O)[C@@]1(Cc2cccc(Cl)c2)CCCN(C(=O)c2cc(CC)on2)C1. The molecular formula is C21H25ClN2O4. The molecule has 6 nitrogen and oxygen atoms in total. The number of aromatic nitrogens is 1. The molecule has 0 N–H and O–H groups in total. The molecule has 150 valence electrons. The van der Waals surface area contributed by atoms with Crippen LogP contribution in [0.5, 0.6) is 0 Å². The number of hydrogen-bond donors (Lipinski definition) is 0. The van der Waals surface area contributed by atoms with Crippen LogP contribution in [0.25, 0.3) is 0 Å². The molecule has 1 amide bonds. The lowest BCUT2D eigenvalue weighted by Crippen LogP contribution is -2.51. The molecular weight excluding hydrogens is 380 g/mol. The molecule has 0 spiro atoms. The van der Waals surface area contributed by atoms with Gasteiger partial charge in [-0.05, 0) is 43.9 Å². The zero-order valence-electron chi connectivity index (χ0n) is 16.2. The molecule has 1 saturated heterocycles. The fourth-order valence-electron chi connectivity index (χ4n) is 3.75. The number of halogens is 1. The van der Waals surface area contributed by atoms with E-state index >= 15 is 0 Å². The average Bonchev–Trinajstić information content (AvgIpc) is 3.17. The number of esters is 1. The molecule has 1 aromatic carbocycles. The van der Waals surface area contributed by atoms with E-state index in [1.807, 2.05) is 25.1 Å². The molecule has 0 unspecified atom stereocenters. The molecule has 0 bridgehead atoms. The Balaban J connectivity index is 1.86. The summed E-state index contributed by atoms with van der Waals surface area (Å²) in [6.45, 7) is 4.88. The molecule has 1 aromatic heterocycles. The molecule has 28 heavy (non-hydrogen) atoms. The number of hydrogen-bond acceptors (Lipinski definition) is 5. The van der Waals surface area contributed by atoms with Crippen molar-refractivity contribution in [3.05, 3.63) is 52.4 Å². The minimum absolute atomic E-state index is 0.220. The first-order valence-corrected chi connectivity index (χ1v) is 10.0. The molecule has 2 aromatic rings. The van der Waals surface area contributed by atoms with Crippen molar-refractivity contribution in [2.75, 3.05) is 19.7 Å². The lowest BCUT2D eigenvalue weighted by atomic mass is 9.75. The van der Waals surface area contributed by atoms with Gasteiger partial charge < -0.3 is 14.2 Å². The maximum absolute atomic E-state index is 12.9. The Bertz CT molecular complexity index is 850. The Morgan fingerprint density at radius 3 is 2.82 bits per heavy atom. The van der Waals surface area contributed by atoms with Crippen molar-refractivity contribution >= 4 is 23.5 Å². The Labute approximate surface area is 169 Å². The molecule has 1 aliphatic heterocycles. The lowest BCUT2D eigenvalue weighted by molar-refractivity contribution is -0.158. The van der Waals surface area contributed by atoms with E-state index in [1.165, 1.54) is 0 Å². The van der Waals surface area contributed by atoms with Gasteiger partial charge in [-0.3, -0.25) is 9.59 Å². The summed E-state index contributed by atoms with van der Waals surface area (Å²) in [6, 6.07) is 9.13. The van der Waals surface area contributed by atoms with Crippen molar-refractivity contribution < 1.29 is 18.8 Å². The van der Waals surface area contributed by atoms with E-state index in [9.17, 15) is 9.59 Å². The third kappa shape index (κ3) is 4.38. The fraction of sp³-hybridized carbons (Fsp3) is 0.476. The van der Waals surface area contributed by atoms with Gasteiger partial charge in [0.15, 0.2) is 5.69 Å². The summed E-state index contributed by atoms with van der Waals surface area (Å²) in [5.41, 5.74) is 0.426. The number of piperidine rings is 1. The van der Waals surface area contributed by atoms with Crippen LogP contribution in [0.3, 0.4) is 0 Å². The minimum Gasteiger partial charge on any atom is -0.466 e. The zero-order chi connectivity index (χ0) is 20.1. The number of benzene rings is 1. The smallest absolute Gasteiger partial charge is 0.314 e. The Morgan fingerprint density at radius 1 is 1.32 bits per heavy atom. The topological polar surface area (TPSA) is 72.6 Å². The zero-order valence-corrected chi connectivity index (χ0v) is 17.0. The molecule has 7 heteroatoms. The highest BCUT2D eigenvalue weighted by Gasteiger charge is 2.45. The van der Waals surface area contributed by atoms with E-state index in [1.54, 1.807) is 24.0 Å². The lowest BCUT2D eigenvalue weighted by Gasteiger charge is -2.40. The first-order valence-electron chi connectivity index (χ1n) is 9.64. The summed E-state index contributed by atoms with van der Waals surface area (Å²) in [5.74, 6) is 0.167. The second kappa shape index (κ2) is 8.78. The van der Waals surface area contributed by atoms with E-state index < -0.39 is 5.41 Å². The summed E-state index contributed by atoms with van der Waals surface area (Å²) >= 11 is 6.12. The summed E-state index contributed by atoms with van der Waals surface area (Å²) in [4.78, 5) is 27.6. The van der Waals surface area contributed by atoms with Gasteiger partial charge in [0.1, 0.15) is 5.76 Å². The van der Waals surface area contributed by atoms with Crippen LogP contribution >= 0.6 is 11.6 Å². The Hall–Kier alpha value is -2.34. The summed E-state index contributed by atoms with van der Waals surface area (Å²) in [6.07, 6.45) is 2.50. The van der Waals surface area contributed by atoms with Crippen molar-refractivity contribution in [3.8, 4) is 0 Å². The number of nitrogens with zero attached hydrogens (tertiary/aromatic N) is 2. The van der Waals surface area contributed by atoms with Crippen LogP contribution in [0.15, 0.2) is 34.9 Å². The number of ether oxygens (including phenoxy) is 1. The van der Waals surface area contributed by atoms with Crippen molar-refractivity contribution in [2.45, 2.75) is 39.5 Å². The van der Waals surface area contributed by atoms with Gasteiger partial charge in [-0.2, -0.15) is 0 Å². The van der Waals surface area contributed by atoms with Crippen molar-refractivity contribution in [1.82, 2.24) is 10.1 Å². The highest BCUT2D eigenvalue weighted by molar-refractivity contribution is 6.30. The molecule has 0 saturated carbocycles.